The van der Waals surface area contributed by atoms with E-state index in [1.54, 1.807) is 23.1 Å². The van der Waals surface area contributed by atoms with Crippen molar-refractivity contribution in [3.8, 4) is 5.75 Å². The van der Waals surface area contributed by atoms with Gasteiger partial charge in [0.15, 0.2) is 5.43 Å². The van der Waals surface area contributed by atoms with Gasteiger partial charge in [0.1, 0.15) is 11.3 Å². The maximum absolute atomic E-state index is 13.3. The van der Waals surface area contributed by atoms with Crippen LogP contribution in [0.4, 0.5) is 0 Å². The fourth-order valence-corrected chi connectivity index (χ4v) is 3.90. The number of rotatable bonds is 6. The van der Waals surface area contributed by atoms with E-state index in [-0.39, 0.29) is 23.7 Å². The van der Waals surface area contributed by atoms with Crippen molar-refractivity contribution in [2.45, 2.75) is 19.4 Å². The molecule has 1 atom stereocenters. The van der Waals surface area contributed by atoms with E-state index in [0.29, 0.717) is 46.9 Å². The van der Waals surface area contributed by atoms with E-state index in [4.69, 9.17) is 20.8 Å². The highest BCUT2D eigenvalue weighted by atomic mass is 35.5. The number of carbonyl (C=O) groups is 1. The SMILES string of the molecule is CCOc1ccc([C@@H]2c3c(oc4ccc(Cl)cc4c3=O)C(=O)N2CCCO)cc1. The van der Waals surface area contributed by atoms with Crippen LogP contribution in [0, 0.1) is 0 Å². The third kappa shape index (κ3) is 3.39. The van der Waals surface area contributed by atoms with E-state index in [1.807, 2.05) is 31.2 Å². The first-order valence-electron chi connectivity index (χ1n) is 9.46. The average molecular weight is 414 g/mol. The summed E-state index contributed by atoms with van der Waals surface area (Å²) in [6.07, 6.45) is 0.396. The van der Waals surface area contributed by atoms with Gasteiger partial charge >= 0.3 is 0 Å². The molecule has 6 nitrogen and oxygen atoms in total. The summed E-state index contributed by atoms with van der Waals surface area (Å²) in [5.74, 6) is 0.392. The predicted octanol–water partition coefficient (Wildman–Crippen LogP) is 3.77. The van der Waals surface area contributed by atoms with Gasteiger partial charge in [-0.2, -0.15) is 0 Å². The van der Waals surface area contributed by atoms with Gasteiger partial charge in [0, 0.05) is 18.2 Å². The highest BCUT2D eigenvalue weighted by molar-refractivity contribution is 6.31. The summed E-state index contributed by atoms with van der Waals surface area (Å²) >= 11 is 6.07. The Bertz CT molecular complexity index is 1120. The van der Waals surface area contributed by atoms with Crippen molar-refractivity contribution in [3.05, 3.63) is 74.6 Å². The zero-order chi connectivity index (χ0) is 20.5. The first-order valence-corrected chi connectivity index (χ1v) is 9.83. The van der Waals surface area contributed by atoms with Crippen LogP contribution in [0.25, 0.3) is 11.0 Å². The number of aliphatic hydroxyl groups is 1. The summed E-state index contributed by atoms with van der Waals surface area (Å²) in [4.78, 5) is 28.0. The van der Waals surface area contributed by atoms with Crippen LogP contribution in [0.5, 0.6) is 5.75 Å². The molecule has 0 spiro atoms. The fraction of sp³-hybridized carbons (Fsp3) is 0.273. The monoisotopic (exact) mass is 413 g/mol. The Morgan fingerprint density at radius 1 is 1.17 bits per heavy atom. The number of hydrogen-bond acceptors (Lipinski definition) is 5. The van der Waals surface area contributed by atoms with E-state index in [1.165, 1.54) is 0 Å². The minimum Gasteiger partial charge on any atom is -0.494 e. The Balaban J connectivity index is 1.90. The molecule has 0 bridgehead atoms. The summed E-state index contributed by atoms with van der Waals surface area (Å²) in [7, 11) is 0. The summed E-state index contributed by atoms with van der Waals surface area (Å²) < 4.78 is 11.3. The largest absolute Gasteiger partial charge is 0.494 e. The number of fused-ring (bicyclic) bond motifs is 2. The zero-order valence-corrected chi connectivity index (χ0v) is 16.6. The molecule has 2 aromatic carbocycles. The molecule has 1 aliphatic heterocycles. The van der Waals surface area contributed by atoms with Crippen LogP contribution >= 0.6 is 11.6 Å². The van der Waals surface area contributed by atoms with Gasteiger partial charge in [0.2, 0.25) is 5.76 Å². The Morgan fingerprint density at radius 2 is 1.93 bits per heavy atom. The lowest BCUT2D eigenvalue weighted by atomic mass is 9.98. The number of hydrogen-bond donors (Lipinski definition) is 1. The van der Waals surface area contributed by atoms with E-state index < -0.39 is 6.04 Å². The quantitative estimate of drug-likeness (QED) is 0.665. The maximum atomic E-state index is 13.3. The van der Waals surface area contributed by atoms with E-state index in [0.717, 1.165) is 5.56 Å². The van der Waals surface area contributed by atoms with Crippen LogP contribution in [0.1, 0.15) is 41.1 Å². The first-order chi connectivity index (χ1) is 14.0. The van der Waals surface area contributed by atoms with Crippen LogP contribution in [0.15, 0.2) is 51.7 Å². The van der Waals surface area contributed by atoms with Gasteiger partial charge in [0.25, 0.3) is 5.91 Å². The third-order valence-corrected chi connectivity index (χ3v) is 5.23. The lowest BCUT2D eigenvalue weighted by Crippen LogP contribution is -2.31. The number of aliphatic hydroxyl groups excluding tert-OH is 1. The molecular weight excluding hydrogens is 394 g/mol. The van der Waals surface area contributed by atoms with Crippen LogP contribution in [0.3, 0.4) is 0 Å². The van der Waals surface area contributed by atoms with Crippen LogP contribution in [-0.4, -0.2) is 35.7 Å². The van der Waals surface area contributed by atoms with Gasteiger partial charge in [-0.3, -0.25) is 9.59 Å². The molecule has 0 unspecified atom stereocenters. The molecule has 29 heavy (non-hydrogen) atoms. The number of carbonyl (C=O) groups excluding carboxylic acids is 1. The molecule has 1 N–H and O–H groups in total. The number of nitrogens with zero attached hydrogens (tertiary/aromatic N) is 1. The molecule has 0 radical (unpaired) electrons. The van der Waals surface area contributed by atoms with Crippen molar-refractivity contribution in [1.29, 1.82) is 0 Å². The second-order valence-corrected chi connectivity index (χ2v) is 7.23. The fourth-order valence-electron chi connectivity index (χ4n) is 3.72. The molecule has 2 heterocycles. The Labute approximate surface area is 172 Å². The molecule has 1 aliphatic rings. The summed E-state index contributed by atoms with van der Waals surface area (Å²) in [5, 5.41) is 10.0. The lowest BCUT2D eigenvalue weighted by Gasteiger charge is -2.25. The number of amides is 1. The topological polar surface area (TPSA) is 80.0 Å². The first kappa shape index (κ1) is 19.5. The van der Waals surface area contributed by atoms with Crippen molar-refractivity contribution < 1.29 is 19.1 Å². The van der Waals surface area contributed by atoms with Gasteiger partial charge in [-0.15, -0.1) is 0 Å². The number of ether oxygens (including phenoxy) is 1. The molecule has 0 saturated carbocycles. The van der Waals surface area contributed by atoms with E-state index in [2.05, 4.69) is 0 Å². The van der Waals surface area contributed by atoms with Crippen molar-refractivity contribution in [2.75, 3.05) is 19.8 Å². The third-order valence-electron chi connectivity index (χ3n) is 4.99. The standard InChI is InChI=1S/C22H20ClNO5/c1-2-28-15-7-4-13(5-8-15)19-18-20(26)16-12-14(23)6-9-17(16)29-21(18)22(27)24(19)10-3-11-25/h4-9,12,19,25H,2-3,10-11H2,1H3/t19-/m1/s1. The molecule has 150 valence electrons. The smallest absolute Gasteiger partial charge is 0.290 e. The average Bonchev–Trinajstić information content (AvgIpc) is 3.00. The van der Waals surface area contributed by atoms with Crippen molar-refractivity contribution in [2.24, 2.45) is 0 Å². The summed E-state index contributed by atoms with van der Waals surface area (Å²) in [6.45, 7) is 2.68. The lowest BCUT2D eigenvalue weighted by molar-refractivity contribution is 0.0716. The molecule has 0 saturated heterocycles. The molecule has 0 fully saturated rings. The number of benzene rings is 2. The highest BCUT2D eigenvalue weighted by Gasteiger charge is 2.42. The van der Waals surface area contributed by atoms with Crippen LogP contribution < -0.4 is 10.2 Å². The maximum Gasteiger partial charge on any atom is 0.290 e. The van der Waals surface area contributed by atoms with Crippen molar-refractivity contribution in [1.82, 2.24) is 4.90 Å². The minimum absolute atomic E-state index is 0.0432. The Kier molecular flexibility index (Phi) is 5.30. The van der Waals surface area contributed by atoms with Crippen LogP contribution in [-0.2, 0) is 0 Å². The predicted molar refractivity (Wildman–Crippen MR) is 110 cm³/mol. The van der Waals surface area contributed by atoms with E-state index >= 15 is 0 Å². The molecule has 7 heteroatoms. The second kappa shape index (κ2) is 7.89. The molecular formula is C22H20ClNO5. The molecule has 1 aromatic heterocycles. The molecule has 3 aromatic rings. The van der Waals surface area contributed by atoms with Crippen molar-refractivity contribution >= 4 is 28.5 Å². The Hall–Kier alpha value is -2.83. The highest BCUT2D eigenvalue weighted by Crippen LogP contribution is 2.38. The van der Waals surface area contributed by atoms with Gasteiger partial charge in [-0.25, -0.2) is 0 Å². The van der Waals surface area contributed by atoms with Crippen molar-refractivity contribution in [3.63, 3.8) is 0 Å². The van der Waals surface area contributed by atoms with Gasteiger partial charge < -0.3 is 19.2 Å². The normalized spacial score (nSPS) is 15.8. The molecule has 0 aliphatic carbocycles. The van der Waals surface area contributed by atoms with Gasteiger partial charge in [0.05, 0.1) is 23.6 Å². The van der Waals surface area contributed by atoms with Gasteiger partial charge in [-0.1, -0.05) is 23.7 Å². The van der Waals surface area contributed by atoms with Crippen LogP contribution in [0.2, 0.25) is 5.02 Å². The Morgan fingerprint density at radius 3 is 2.62 bits per heavy atom. The number of halogens is 1. The molecule has 1 amide bonds. The van der Waals surface area contributed by atoms with Gasteiger partial charge in [-0.05, 0) is 49.2 Å². The summed E-state index contributed by atoms with van der Waals surface area (Å²) in [5.41, 5.74) is 1.11. The second-order valence-electron chi connectivity index (χ2n) is 6.79. The molecule has 4 rings (SSSR count). The zero-order valence-electron chi connectivity index (χ0n) is 15.9. The van der Waals surface area contributed by atoms with E-state index in [9.17, 15) is 14.7 Å². The summed E-state index contributed by atoms with van der Waals surface area (Å²) in [6, 6.07) is 11.5. The minimum atomic E-state index is -0.598.